The molecule has 0 radical (unpaired) electrons. The molecule has 218 valence electrons. The molecule has 0 saturated carbocycles. The van der Waals surface area contributed by atoms with Crippen LogP contribution in [0.1, 0.15) is 142 Å². The van der Waals surface area contributed by atoms with Gasteiger partial charge >= 0.3 is 5.97 Å². The van der Waals surface area contributed by atoms with Crippen LogP contribution in [0.15, 0.2) is 48.5 Å². The van der Waals surface area contributed by atoms with Crippen LogP contribution in [0.25, 0.3) is 11.1 Å². The van der Waals surface area contributed by atoms with E-state index in [4.69, 9.17) is 10.5 Å². The highest BCUT2D eigenvalue weighted by atomic mass is 16.5. The monoisotopic (exact) mass is 535 g/mol. The average Bonchev–Trinajstić information content (AvgIpc) is 2.95. The average molecular weight is 536 g/mol. The molecular formula is C36H57NO2. The first-order valence-electron chi connectivity index (χ1n) is 16.3. The van der Waals surface area contributed by atoms with Crippen molar-refractivity contribution in [3.63, 3.8) is 0 Å². The summed E-state index contributed by atoms with van der Waals surface area (Å²) in [6.07, 6.45) is 25.2. The summed E-state index contributed by atoms with van der Waals surface area (Å²) in [4.78, 5) is 13.3. The molecular weight excluding hydrogens is 478 g/mol. The summed E-state index contributed by atoms with van der Waals surface area (Å²) in [6, 6.07) is 15.9. The fourth-order valence-corrected chi connectivity index (χ4v) is 5.43. The topological polar surface area (TPSA) is 52.3 Å². The molecule has 0 aliphatic rings. The van der Waals surface area contributed by atoms with Crippen molar-refractivity contribution < 1.29 is 9.53 Å². The zero-order chi connectivity index (χ0) is 28.0. The van der Waals surface area contributed by atoms with Crippen LogP contribution in [0, 0.1) is 5.92 Å². The fourth-order valence-electron chi connectivity index (χ4n) is 5.43. The van der Waals surface area contributed by atoms with Crippen LogP contribution in [0.4, 0.5) is 5.69 Å². The van der Waals surface area contributed by atoms with Gasteiger partial charge in [-0.1, -0.05) is 166 Å². The minimum Gasteiger partial charge on any atom is -0.424 e. The number of benzene rings is 2. The van der Waals surface area contributed by atoms with Crippen LogP contribution < -0.4 is 10.5 Å². The highest BCUT2D eigenvalue weighted by Crippen LogP contribution is 2.30. The van der Waals surface area contributed by atoms with E-state index in [-0.39, 0.29) is 11.9 Å². The van der Waals surface area contributed by atoms with E-state index in [1.165, 1.54) is 103 Å². The number of unbranched alkanes of at least 4 members (excludes halogenated alkanes) is 16. The minimum atomic E-state index is -0.104. The molecule has 2 N–H and O–H groups in total. The number of carbonyl (C=O) groups is 1. The summed E-state index contributed by atoms with van der Waals surface area (Å²) >= 11 is 0. The molecule has 0 fully saturated rings. The molecule has 0 spiro atoms. The zero-order valence-electron chi connectivity index (χ0n) is 25.2. The van der Waals surface area contributed by atoms with Gasteiger partial charge in [0.1, 0.15) is 0 Å². The molecule has 0 amide bonds. The lowest BCUT2D eigenvalue weighted by molar-refractivity contribution is -0.139. The zero-order valence-corrected chi connectivity index (χ0v) is 25.2. The quantitative estimate of drug-likeness (QED) is 0.0666. The van der Waals surface area contributed by atoms with Gasteiger partial charge in [0.15, 0.2) is 5.75 Å². The van der Waals surface area contributed by atoms with Crippen molar-refractivity contribution in [3.05, 3.63) is 48.5 Å². The largest absolute Gasteiger partial charge is 0.424 e. The van der Waals surface area contributed by atoms with Crippen molar-refractivity contribution >= 4 is 11.7 Å². The smallest absolute Gasteiger partial charge is 0.314 e. The first-order valence-corrected chi connectivity index (χ1v) is 16.3. The Bertz CT molecular complexity index is 879. The van der Waals surface area contributed by atoms with Crippen molar-refractivity contribution in [2.45, 2.75) is 142 Å². The molecule has 3 nitrogen and oxygen atoms in total. The van der Waals surface area contributed by atoms with E-state index in [1.54, 1.807) is 0 Å². The Morgan fingerprint density at radius 3 is 1.54 bits per heavy atom. The number of hydrogen-bond acceptors (Lipinski definition) is 3. The molecule has 39 heavy (non-hydrogen) atoms. The Morgan fingerprint density at radius 2 is 1.08 bits per heavy atom. The summed E-state index contributed by atoms with van der Waals surface area (Å²) in [5, 5.41) is 0. The lowest BCUT2D eigenvalue weighted by Crippen LogP contribution is -2.21. The molecule has 1 atom stereocenters. The molecule has 0 bridgehead atoms. The van der Waals surface area contributed by atoms with Crippen molar-refractivity contribution in [1.82, 2.24) is 0 Å². The van der Waals surface area contributed by atoms with Gasteiger partial charge in [0.05, 0.1) is 11.6 Å². The van der Waals surface area contributed by atoms with Gasteiger partial charge in [-0.2, -0.15) is 0 Å². The maximum absolute atomic E-state index is 13.3. The molecule has 0 aliphatic carbocycles. The van der Waals surface area contributed by atoms with Crippen molar-refractivity contribution in [3.8, 4) is 16.9 Å². The predicted octanol–water partition coefficient (Wildman–Crippen LogP) is 11.3. The molecule has 0 saturated heterocycles. The summed E-state index contributed by atoms with van der Waals surface area (Å²) in [6.45, 7) is 4.54. The van der Waals surface area contributed by atoms with Gasteiger partial charge in [-0.3, -0.25) is 4.79 Å². The minimum absolute atomic E-state index is 0.0349. The van der Waals surface area contributed by atoms with Crippen LogP contribution in [0.3, 0.4) is 0 Å². The van der Waals surface area contributed by atoms with Gasteiger partial charge in [0.2, 0.25) is 0 Å². The van der Waals surface area contributed by atoms with Gasteiger partial charge in [-0.05, 0) is 36.1 Å². The van der Waals surface area contributed by atoms with E-state index in [0.717, 1.165) is 36.8 Å². The first kappa shape index (κ1) is 32.9. The molecule has 0 aliphatic heterocycles. The number of ether oxygens (including phenoxy) is 1. The van der Waals surface area contributed by atoms with Crippen LogP contribution in [-0.2, 0) is 4.79 Å². The standard InChI is InChI=1S/C36H57NO2/c1-3-5-7-9-11-13-14-16-18-21-27-32(26-20-17-15-12-10-8-6-4-2)36(38)39-35-29-28-33(30-34(35)37)31-24-22-19-23-25-31/h19,22-25,28-30,32H,3-18,20-21,26-27,37H2,1-2H3. The molecule has 3 heteroatoms. The van der Waals surface area contributed by atoms with Gasteiger partial charge in [-0.15, -0.1) is 0 Å². The molecule has 0 heterocycles. The van der Waals surface area contributed by atoms with Crippen LogP contribution in [-0.4, -0.2) is 5.97 Å². The number of esters is 1. The fraction of sp³-hybridized carbons (Fsp3) is 0.639. The van der Waals surface area contributed by atoms with E-state index in [2.05, 4.69) is 26.0 Å². The van der Waals surface area contributed by atoms with Crippen LogP contribution >= 0.6 is 0 Å². The van der Waals surface area contributed by atoms with E-state index in [0.29, 0.717) is 11.4 Å². The Hall–Kier alpha value is -2.29. The van der Waals surface area contributed by atoms with Gasteiger partial charge < -0.3 is 10.5 Å². The lowest BCUT2D eigenvalue weighted by atomic mass is 9.94. The highest BCUT2D eigenvalue weighted by molar-refractivity contribution is 5.78. The van der Waals surface area contributed by atoms with Crippen LogP contribution in [0.2, 0.25) is 0 Å². The number of carbonyl (C=O) groups excluding carboxylic acids is 1. The van der Waals surface area contributed by atoms with E-state index in [9.17, 15) is 4.79 Å². The van der Waals surface area contributed by atoms with Crippen LogP contribution in [0.5, 0.6) is 5.75 Å². The maximum Gasteiger partial charge on any atom is 0.314 e. The first-order chi connectivity index (χ1) is 19.2. The summed E-state index contributed by atoms with van der Waals surface area (Å²) in [5.41, 5.74) is 8.99. The second kappa shape index (κ2) is 21.5. The Morgan fingerprint density at radius 1 is 0.615 bits per heavy atom. The normalized spacial score (nSPS) is 11.9. The second-order valence-electron chi connectivity index (χ2n) is 11.5. The molecule has 0 aromatic heterocycles. The second-order valence-corrected chi connectivity index (χ2v) is 11.5. The summed E-state index contributed by atoms with van der Waals surface area (Å²) in [7, 11) is 0. The summed E-state index contributed by atoms with van der Waals surface area (Å²) in [5.74, 6) is 0.351. The molecule has 2 aromatic rings. The molecule has 2 rings (SSSR count). The number of nitrogens with two attached hydrogens (primary N) is 1. The third-order valence-corrected chi connectivity index (χ3v) is 7.97. The van der Waals surface area contributed by atoms with E-state index in [1.807, 2.05) is 36.4 Å². The Balaban J connectivity index is 1.81. The highest BCUT2D eigenvalue weighted by Gasteiger charge is 2.21. The van der Waals surface area contributed by atoms with Crippen molar-refractivity contribution in [1.29, 1.82) is 0 Å². The summed E-state index contributed by atoms with van der Waals surface area (Å²) < 4.78 is 5.90. The number of anilines is 1. The van der Waals surface area contributed by atoms with Gasteiger partial charge in [-0.25, -0.2) is 0 Å². The van der Waals surface area contributed by atoms with Crippen molar-refractivity contribution in [2.75, 3.05) is 5.73 Å². The molecule has 2 aromatic carbocycles. The third kappa shape index (κ3) is 14.6. The predicted molar refractivity (Wildman–Crippen MR) is 169 cm³/mol. The third-order valence-electron chi connectivity index (χ3n) is 7.97. The van der Waals surface area contributed by atoms with Gasteiger partial charge in [0, 0.05) is 0 Å². The number of rotatable bonds is 23. The van der Waals surface area contributed by atoms with Crippen molar-refractivity contribution in [2.24, 2.45) is 5.92 Å². The van der Waals surface area contributed by atoms with Gasteiger partial charge in [0.25, 0.3) is 0 Å². The molecule has 1 unspecified atom stereocenters. The Kier molecular flexibility index (Phi) is 18.2. The number of nitrogen functional groups attached to an aromatic ring is 1. The SMILES string of the molecule is CCCCCCCCCCCCC(CCCCCCCCCC)C(=O)Oc1ccc(-c2ccccc2)cc1N. The number of hydrogen-bond donors (Lipinski definition) is 1. The lowest BCUT2D eigenvalue weighted by Gasteiger charge is -2.17. The Labute approximate surface area is 240 Å². The maximum atomic E-state index is 13.3. The van der Waals surface area contributed by atoms with E-state index >= 15 is 0 Å². The van der Waals surface area contributed by atoms with E-state index < -0.39 is 0 Å².